The molecule has 7 heteroatoms. The number of rotatable bonds is 6. The second-order valence-electron chi connectivity index (χ2n) is 4.72. The van der Waals surface area contributed by atoms with E-state index in [4.69, 9.17) is 4.74 Å². The summed E-state index contributed by atoms with van der Waals surface area (Å²) in [5, 5.41) is 7.82. The van der Waals surface area contributed by atoms with Gasteiger partial charge in [-0.25, -0.2) is 9.97 Å². The number of aryl methyl sites for hydroxylation is 2. The molecule has 0 radical (unpaired) electrons. The van der Waals surface area contributed by atoms with Gasteiger partial charge in [0.1, 0.15) is 6.33 Å². The molecule has 6 nitrogen and oxygen atoms in total. The maximum absolute atomic E-state index is 5.16. The first-order chi connectivity index (χ1) is 10.1. The van der Waals surface area contributed by atoms with Gasteiger partial charge in [-0.05, 0) is 29.4 Å². The van der Waals surface area contributed by atoms with Gasteiger partial charge < -0.3 is 10.1 Å². The third-order valence-corrected chi connectivity index (χ3v) is 4.39. The highest BCUT2D eigenvalue weighted by Gasteiger charge is 2.19. The molecule has 2 aromatic heterocycles. The Labute approximate surface area is 133 Å². The predicted octanol–water partition coefficient (Wildman–Crippen LogP) is 2.05. The minimum absolute atomic E-state index is 0.0679. The average molecular weight is 354 g/mol. The van der Waals surface area contributed by atoms with E-state index in [-0.39, 0.29) is 6.04 Å². The summed E-state index contributed by atoms with van der Waals surface area (Å²) < 4.78 is 8.16. The molecule has 1 atom stereocenters. The van der Waals surface area contributed by atoms with Gasteiger partial charge in [-0.1, -0.05) is 6.92 Å². The van der Waals surface area contributed by atoms with Crippen LogP contribution in [0.1, 0.15) is 30.0 Å². The highest BCUT2D eigenvalue weighted by molar-refractivity contribution is 9.10. The SMILES string of the molecule is CCc1nn(C)c(CC(NC)c2cc(OC)ncn2)c1Br. The number of hydrogen-bond acceptors (Lipinski definition) is 5. The first kappa shape index (κ1) is 15.9. The van der Waals surface area contributed by atoms with E-state index in [1.165, 1.54) is 6.33 Å². The molecule has 2 heterocycles. The van der Waals surface area contributed by atoms with Crippen molar-refractivity contribution in [2.24, 2.45) is 7.05 Å². The molecule has 1 N–H and O–H groups in total. The lowest BCUT2D eigenvalue weighted by atomic mass is 10.1. The zero-order chi connectivity index (χ0) is 15.4. The van der Waals surface area contributed by atoms with Crippen molar-refractivity contribution >= 4 is 15.9 Å². The molecule has 0 amide bonds. The summed E-state index contributed by atoms with van der Waals surface area (Å²) in [5.41, 5.74) is 3.11. The van der Waals surface area contributed by atoms with Crippen LogP contribution in [0.2, 0.25) is 0 Å². The van der Waals surface area contributed by atoms with Crippen LogP contribution in [0.5, 0.6) is 5.88 Å². The number of likely N-dealkylation sites (N-methyl/N-ethyl adjacent to an activating group) is 1. The van der Waals surface area contributed by atoms with Crippen LogP contribution in [0.15, 0.2) is 16.9 Å². The van der Waals surface area contributed by atoms with Gasteiger partial charge in [-0.2, -0.15) is 5.10 Å². The molecule has 0 bridgehead atoms. The summed E-state index contributed by atoms with van der Waals surface area (Å²) >= 11 is 3.65. The van der Waals surface area contributed by atoms with Crippen LogP contribution in [-0.2, 0) is 19.9 Å². The quantitative estimate of drug-likeness (QED) is 0.860. The van der Waals surface area contributed by atoms with Crippen LogP contribution < -0.4 is 10.1 Å². The van der Waals surface area contributed by atoms with Gasteiger partial charge in [0.05, 0.1) is 34.7 Å². The second kappa shape index (κ2) is 7.00. The van der Waals surface area contributed by atoms with E-state index in [1.54, 1.807) is 7.11 Å². The summed E-state index contributed by atoms with van der Waals surface area (Å²) in [6.45, 7) is 2.10. The number of nitrogens with zero attached hydrogens (tertiary/aromatic N) is 4. The predicted molar refractivity (Wildman–Crippen MR) is 84.4 cm³/mol. The van der Waals surface area contributed by atoms with E-state index < -0.39 is 0 Å². The Morgan fingerprint density at radius 1 is 1.43 bits per heavy atom. The van der Waals surface area contributed by atoms with Crippen LogP contribution in [0.4, 0.5) is 0 Å². The zero-order valence-corrected chi connectivity index (χ0v) is 14.3. The van der Waals surface area contributed by atoms with E-state index in [0.717, 1.165) is 34.4 Å². The van der Waals surface area contributed by atoms with Crippen LogP contribution in [0.25, 0.3) is 0 Å². The topological polar surface area (TPSA) is 64.9 Å². The lowest BCUT2D eigenvalue weighted by molar-refractivity contribution is 0.394. The minimum atomic E-state index is 0.0679. The lowest BCUT2D eigenvalue weighted by Crippen LogP contribution is -2.21. The van der Waals surface area contributed by atoms with Crippen LogP contribution >= 0.6 is 15.9 Å². The van der Waals surface area contributed by atoms with Crippen molar-refractivity contribution in [2.45, 2.75) is 25.8 Å². The van der Waals surface area contributed by atoms with Crippen molar-refractivity contribution in [1.29, 1.82) is 0 Å². The highest BCUT2D eigenvalue weighted by atomic mass is 79.9. The Bertz CT molecular complexity index is 613. The molecule has 0 saturated heterocycles. The molecule has 1 unspecified atom stereocenters. The lowest BCUT2D eigenvalue weighted by Gasteiger charge is -2.16. The fraction of sp³-hybridized carbons (Fsp3) is 0.500. The van der Waals surface area contributed by atoms with Gasteiger partial charge in [0, 0.05) is 19.5 Å². The molecule has 2 rings (SSSR count). The molecular weight excluding hydrogens is 334 g/mol. The second-order valence-corrected chi connectivity index (χ2v) is 5.51. The highest BCUT2D eigenvalue weighted by Crippen LogP contribution is 2.26. The van der Waals surface area contributed by atoms with Gasteiger partial charge in [0.25, 0.3) is 0 Å². The summed E-state index contributed by atoms with van der Waals surface area (Å²) in [6, 6.07) is 1.92. The molecule has 21 heavy (non-hydrogen) atoms. The van der Waals surface area contributed by atoms with Crippen LogP contribution in [0, 0.1) is 0 Å². The van der Waals surface area contributed by atoms with Crippen molar-refractivity contribution in [1.82, 2.24) is 25.1 Å². The van der Waals surface area contributed by atoms with Gasteiger partial charge in [-0.15, -0.1) is 0 Å². The molecule has 0 aliphatic carbocycles. The summed E-state index contributed by atoms with van der Waals surface area (Å²) in [6.07, 6.45) is 3.20. The summed E-state index contributed by atoms with van der Waals surface area (Å²) in [4.78, 5) is 8.39. The van der Waals surface area contributed by atoms with Crippen molar-refractivity contribution in [3.63, 3.8) is 0 Å². The molecule has 2 aromatic rings. The standard InChI is InChI=1S/C14H20BrN5O/c1-5-9-14(15)12(20(3)19-9)6-10(16-2)11-7-13(21-4)18-8-17-11/h7-8,10,16H,5-6H2,1-4H3. The average Bonchev–Trinajstić information content (AvgIpc) is 2.79. The molecule has 0 aliphatic rings. The normalized spacial score (nSPS) is 12.4. The van der Waals surface area contributed by atoms with E-state index in [1.807, 2.05) is 24.8 Å². The van der Waals surface area contributed by atoms with Crippen molar-refractivity contribution in [3.8, 4) is 5.88 Å². The Hall–Kier alpha value is -1.47. The van der Waals surface area contributed by atoms with Crippen molar-refractivity contribution in [2.75, 3.05) is 14.2 Å². The first-order valence-corrected chi connectivity index (χ1v) is 7.63. The monoisotopic (exact) mass is 353 g/mol. The maximum Gasteiger partial charge on any atom is 0.216 e. The molecule has 0 saturated carbocycles. The van der Waals surface area contributed by atoms with Gasteiger partial charge in [-0.3, -0.25) is 4.68 Å². The number of hydrogen-bond donors (Lipinski definition) is 1. The van der Waals surface area contributed by atoms with E-state index in [9.17, 15) is 0 Å². The summed E-state index contributed by atoms with van der Waals surface area (Å²) in [5.74, 6) is 0.568. The van der Waals surface area contributed by atoms with Gasteiger partial charge in [0.2, 0.25) is 5.88 Å². The number of aromatic nitrogens is 4. The Balaban J connectivity index is 2.28. The minimum Gasteiger partial charge on any atom is -0.481 e. The fourth-order valence-corrected chi connectivity index (χ4v) is 3.02. The van der Waals surface area contributed by atoms with Crippen LogP contribution in [-0.4, -0.2) is 33.9 Å². The number of halogens is 1. The Kier molecular flexibility index (Phi) is 5.30. The molecule has 0 aliphatic heterocycles. The van der Waals surface area contributed by atoms with Crippen LogP contribution in [0.3, 0.4) is 0 Å². The van der Waals surface area contributed by atoms with Gasteiger partial charge in [0.15, 0.2) is 0 Å². The van der Waals surface area contributed by atoms with E-state index in [0.29, 0.717) is 5.88 Å². The maximum atomic E-state index is 5.16. The Morgan fingerprint density at radius 2 is 2.19 bits per heavy atom. The smallest absolute Gasteiger partial charge is 0.216 e. The summed E-state index contributed by atoms with van der Waals surface area (Å²) in [7, 11) is 5.49. The first-order valence-electron chi connectivity index (χ1n) is 6.84. The number of nitrogens with one attached hydrogen (secondary N) is 1. The molecule has 0 spiro atoms. The largest absolute Gasteiger partial charge is 0.481 e. The van der Waals surface area contributed by atoms with Crippen molar-refractivity contribution in [3.05, 3.63) is 33.9 Å². The third-order valence-electron chi connectivity index (χ3n) is 3.48. The third kappa shape index (κ3) is 3.41. The Morgan fingerprint density at radius 3 is 2.76 bits per heavy atom. The van der Waals surface area contributed by atoms with E-state index in [2.05, 4.69) is 43.2 Å². The zero-order valence-electron chi connectivity index (χ0n) is 12.7. The molecule has 114 valence electrons. The molecule has 0 aromatic carbocycles. The number of ether oxygens (including phenoxy) is 1. The van der Waals surface area contributed by atoms with Gasteiger partial charge >= 0.3 is 0 Å². The number of methoxy groups -OCH3 is 1. The fourth-order valence-electron chi connectivity index (χ4n) is 2.25. The van der Waals surface area contributed by atoms with Crippen molar-refractivity contribution < 1.29 is 4.74 Å². The molecular formula is C14H20BrN5O. The van der Waals surface area contributed by atoms with E-state index >= 15 is 0 Å². The molecule has 0 fully saturated rings.